The van der Waals surface area contributed by atoms with Crippen LogP contribution in [0.15, 0.2) is 61.2 Å². The summed E-state index contributed by atoms with van der Waals surface area (Å²) in [7, 11) is 0. The standard InChI is InChI=1S/C25H28N4O3/c1-17(2)32-25(31)21-5-3-18(4-6-21)19-7-11-22(12-8-19)28-24(30)20-9-13-23(14-10-20)29-16-26-15-27-29/h7-18,21H,3-6H2,1-2H3,(H,28,30). The van der Waals surface area contributed by atoms with Gasteiger partial charge in [0.1, 0.15) is 12.7 Å². The third kappa shape index (κ3) is 5.22. The highest BCUT2D eigenvalue weighted by molar-refractivity contribution is 6.04. The van der Waals surface area contributed by atoms with Crippen LogP contribution in [0.5, 0.6) is 0 Å². The van der Waals surface area contributed by atoms with Gasteiger partial charge in [-0.3, -0.25) is 9.59 Å². The quantitative estimate of drug-likeness (QED) is 0.568. The summed E-state index contributed by atoms with van der Waals surface area (Å²) in [5.41, 5.74) is 3.42. The van der Waals surface area contributed by atoms with Crippen molar-refractivity contribution in [3.05, 3.63) is 72.3 Å². The van der Waals surface area contributed by atoms with E-state index in [-0.39, 0.29) is 23.9 Å². The Morgan fingerprint density at radius 2 is 1.69 bits per heavy atom. The lowest BCUT2D eigenvalue weighted by Crippen LogP contribution is -2.25. The van der Waals surface area contributed by atoms with Crippen molar-refractivity contribution in [1.82, 2.24) is 14.8 Å². The number of carbonyl (C=O) groups excluding carboxylic acids is 2. The monoisotopic (exact) mass is 432 g/mol. The van der Waals surface area contributed by atoms with Gasteiger partial charge in [-0.1, -0.05) is 12.1 Å². The van der Waals surface area contributed by atoms with Crippen LogP contribution in [0, 0.1) is 5.92 Å². The number of amides is 1. The first-order chi connectivity index (χ1) is 15.5. The molecule has 1 aliphatic carbocycles. The first-order valence-electron chi connectivity index (χ1n) is 11.1. The molecule has 1 N–H and O–H groups in total. The summed E-state index contributed by atoms with van der Waals surface area (Å²) in [5.74, 6) is 0.230. The van der Waals surface area contributed by atoms with E-state index in [0.717, 1.165) is 37.1 Å². The van der Waals surface area contributed by atoms with Crippen LogP contribution in [0.1, 0.15) is 61.4 Å². The highest BCUT2D eigenvalue weighted by atomic mass is 16.5. The van der Waals surface area contributed by atoms with Crippen molar-refractivity contribution in [3.63, 3.8) is 0 Å². The largest absolute Gasteiger partial charge is 0.463 e. The lowest BCUT2D eigenvalue weighted by molar-refractivity contribution is -0.153. The second-order valence-corrected chi connectivity index (χ2v) is 8.50. The van der Waals surface area contributed by atoms with Gasteiger partial charge in [-0.2, -0.15) is 5.10 Å². The summed E-state index contributed by atoms with van der Waals surface area (Å²) in [6.45, 7) is 3.77. The third-order valence-electron chi connectivity index (χ3n) is 5.87. The zero-order chi connectivity index (χ0) is 22.5. The number of rotatable bonds is 6. The van der Waals surface area contributed by atoms with E-state index in [2.05, 4.69) is 27.5 Å². The van der Waals surface area contributed by atoms with Gasteiger partial charge in [-0.05, 0) is 87.4 Å². The molecule has 0 radical (unpaired) electrons. The van der Waals surface area contributed by atoms with E-state index in [0.29, 0.717) is 11.5 Å². The maximum Gasteiger partial charge on any atom is 0.309 e. The molecule has 0 bridgehead atoms. The number of aromatic nitrogens is 3. The molecule has 7 nitrogen and oxygen atoms in total. The zero-order valence-corrected chi connectivity index (χ0v) is 18.4. The Labute approximate surface area is 187 Å². The lowest BCUT2D eigenvalue weighted by atomic mass is 9.78. The van der Waals surface area contributed by atoms with Crippen LogP contribution in [0.2, 0.25) is 0 Å². The average Bonchev–Trinajstić information content (AvgIpc) is 3.34. The SMILES string of the molecule is CC(C)OC(=O)C1CCC(c2ccc(NC(=O)c3ccc(-n4cncn4)cc3)cc2)CC1. The fourth-order valence-electron chi connectivity index (χ4n) is 4.14. The Morgan fingerprint density at radius 3 is 2.28 bits per heavy atom. The maximum absolute atomic E-state index is 12.6. The molecule has 1 saturated carbocycles. The van der Waals surface area contributed by atoms with Crippen LogP contribution in [0.4, 0.5) is 5.69 Å². The topological polar surface area (TPSA) is 86.1 Å². The minimum Gasteiger partial charge on any atom is -0.463 e. The van der Waals surface area contributed by atoms with Gasteiger partial charge in [0, 0.05) is 11.3 Å². The lowest BCUT2D eigenvalue weighted by Gasteiger charge is -2.28. The minimum absolute atomic E-state index is 0.0168. The number of benzene rings is 2. The van der Waals surface area contributed by atoms with E-state index in [1.165, 1.54) is 11.9 Å². The molecular weight excluding hydrogens is 404 g/mol. The van der Waals surface area contributed by atoms with Gasteiger partial charge in [-0.15, -0.1) is 0 Å². The van der Waals surface area contributed by atoms with Crippen LogP contribution in [-0.2, 0) is 9.53 Å². The van der Waals surface area contributed by atoms with Gasteiger partial charge < -0.3 is 10.1 Å². The van der Waals surface area contributed by atoms with E-state index in [1.807, 2.05) is 38.1 Å². The van der Waals surface area contributed by atoms with Crippen LogP contribution in [0.3, 0.4) is 0 Å². The zero-order valence-electron chi connectivity index (χ0n) is 18.4. The predicted molar refractivity (Wildman–Crippen MR) is 122 cm³/mol. The van der Waals surface area contributed by atoms with Crippen LogP contribution >= 0.6 is 0 Å². The average molecular weight is 433 g/mol. The van der Waals surface area contributed by atoms with Gasteiger partial charge in [0.25, 0.3) is 5.91 Å². The first kappa shape index (κ1) is 21.7. The van der Waals surface area contributed by atoms with E-state index in [4.69, 9.17) is 4.74 Å². The van der Waals surface area contributed by atoms with Crippen molar-refractivity contribution in [2.45, 2.75) is 51.6 Å². The van der Waals surface area contributed by atoms with Crippen molar-refractivity contribution in [2.75, 3.05) is 5.32 Å². The second kappa shape index (κ2) is 9.77. The molecule has 32 heavy (non-hydrogen) atoms. The Kier molecular flexibility index (Phi) is 6.63. The fourth-order valence-corrected chi connectivity index (χ4v) is 4.14. The van der Waals surface area contributed by atoms with E-state index in [9.17, 15) is 9.59 Å². The second-order valence-electron chi connectivity index (χ2n) is 8.50. The van der Waals surface area contributed by atoms with Crippen molar-refractivity contribution in [3.8, 4) is 5.69 Å². The van der Waals surface area contributed by atoms with Gasteiger partial charge in [0.15, 0.2) is 0 Å². The Morgan fingerprint density at radius 1 is 1.00 bits per heavy atom. The molecule has 166 valence electrons. The van der Waals surface area contributed by atoms with E-state index < -0.39 is 0 Å². The molecule has 0 saturated heterocycles. The summed E-state index contributed by atoms with van der Waals surface area (Å²) in [5, 5.41) is 7.03. The van der Waals surface area contributed by atoms with Crippen molar-refractivity contribution in [2.24, 2.45) is 5.92 Å². The third-order valence-corrected chi connectivity index (χ3v) is 5.87. The predicted octanol–water partition coefficient (Wildman–Crippen LogP) is 4.75. The van der Waals surface area contributed by atoms with Crippen molar-refractivity contribution < 1.29 is 14.3 Å². The number of anilines is 1. The fraction of sp³-hybridized carbons (Fsp3) is 0.360. The smallest absolute Gasteiger partial charge is 0.309 e. The molecule has 7 heteroatoms. The number of nitrogens with zero attached hydrogens (tertiary/aromatic N) is 3. The van der Waals surface area contributed by atoms with E-state index >= 15 is 0 Å². The number of nitrogens with one attached hydrogen (secondary N) is 1. The molecule has 2 aromatic carbocycles. The normalized spacial score (nSPS) is 18.3. The highest BCUT2D eigenvalue weighted by Crippen LogP contribution is 2.36. The molecule has 0 unspecified atom stereocenters. The number of carbonyl (C=O) groups is 2. The Balaban J connectivity index is 1.31. The van der Waals surface area contributed by atoms with Crippen LogP contribution < -0.4 is 5.32 Å². The minimum atomic E-state index is -0.160. The van der Waals surface area contributed by atoms with Gasteiger partial charge in [0.05, 0.1) is 17.7 Å². The molecule has 1 amide bonds. The summed E-state index contributed by atoms with van der Waals surface area (Å²) in [6, 6.07) is 15.2. The summed E-state index contributed by atoms with van der Waals surface area (Å²) < 4.78 is 7.00. The number of ether oxygens (including phenoxy) is 1. The molecule has 0 aliphatic heterocycles. The number of hydrogen-bond donors (Lipinski definition) is 1. The molecule has 1 aliphatic rings. The summed E-state index contributed by atoms with van der Waals surface area (Å²) >= 11 is 0. The Hall–Kier alpha value is -3.48. The summed E-state index contributed by atoms with van der Waals surface area (Å²) in [4.78, 5) is 28.6. The molecule has 1 aromatic heterocycles. The molecule has 1 heterocycles. The molecular formula is C25H28N4O3. The van der Waals surface area contributed by atoms with Crippen LogP contribution in [-0.4, -0.2) is 32.7 Å². The van der Waals surface area contributed by atoms with Gasteiger partial charge in [0.2, 0.25) is 0 Å². The summed E-state index contributed by atoms with van der Waals surface area (Å²) in [6.07, 6.45) is 6.69. The molecule has 0 spiro atoms. The van der Waals surface area contributed by atoms with Crippen LogP contribution in [0.25, 0.3) is 5.69 Å². The Bertz CT molecular complexity index is 1040. The molecule has 1 fully saturated rings. The molecule has 4 rings (SSSR count). The van der Waals surface area contributed by atoms with Crippen molar-refractivity contribution >= 4 is 17.6 Å². The number of hydrogen-bond acceptors (Lipinski definition) is 5. The van der Waals surface area contributed by atoms with Gasteiger partial charge in [-0.25, -0.2) is 9.67 Å². The number of esters is 1. The van der Waals surface area contributed by atoms with Crippen molar-refractivity contribution in [1.29, 1.82) is 0 Å². The van der Waals surface area contributed by atoms with E-state index in [1.54, 1.807) is 23.1 Å². The van der Waals surface area contributed by atoms with Gasteiger partial charge >= 0.3 is 5.97 Å². The molecule has 0 atom stereocenters. The first-order valence-corrected chi connectivity index (χ1v) is 11.1. The molecule has 3 aromatic rings. The highest BCUT2D eigenvalue weighted by Gasteiger charge is 2.28. The maximum atomic E-state index is 12.6.